The largest absolute Gasteiger partial charge is 0.291 e. The smallest absolute Gasteiger partial charge is 0.280 e. The highest BCUT2D eigenvalue weighted by Crippen LogP contribution is 2.28. The molecule has 0 unspecified atom stereocenters. The number of nitrogens with zero attached hydrogens (tertiary/aromatic N) is 2. The number of fused-ring (bicyclic) bond motifs is 1. The van der Waals surface area contributed by atoms with Crippen molar-refractivity contribution in [1.82, 2.24) is 9.55 Å². The fourth-order valence-electron chi connectivity index (χ4n) is 2.51. The molecule has 0 aliphatic rings. The molecule has 3 rings (SSSR count). The van der Waals surface area contributed by atoms with E-state index >= 15 is 0 Å². The maximum atomic E-state index is 12.9. The van der Waals surface area contributed by atoms with Crippen molar-refractivity contribution < 1.29 is 8.78 Å². The number of hydrogen-bond donors (Lipinski definition) is 0. The summed E-state index contributed by atoms with van der Waals surface area (Å²) in [6.45, 7) is 1.81. The summed E-state index contributed by atoms with van der Waals surface area (Å²) in [5, 5.41) is 0.453. The Kier molecular flexibility index (Phi) is 4.43. The van der Waals surface area contributed by atoms with Crippen molar-refractivity contribution in [2.75, 3.05) is 0 Å². The molecule has 0 bridgehead atoms. The Hall–Kier alpha value is -2.21. The number of aromatic nitrogens is 2. The first-order valence-corrected chi connectivity index (χ1v) is 7.97. The lowest BCUT2D eigenvalue weighted by Crippen LogP contribution is -2.27. The Morgan fingerprint density at radius 1 is 1.04 bits per heavy atom. The first kappa shape index (κ1) is 15.7. The van der Waals surface area contributed by atoms with Gasteiger partial charge < -0.3 is 0 Å². The summed E-state index contributed by atoms with van der Waals surface area (Å²) in [5.74, 6) is -2.64. The van der Waals surface area contributed by atoms with Crippen LogP contribution in [0.5, 0.6) is 0 Å². The predicted molar refractivity (Wildman–Crippen MR) is 88.1 cm³/mol. The second-order valence-electron chi connectivity index (χ2n) is 5.05. The molecule has 0 N–H and O–H groups in total. The predicted octanol–water partition coefficient (Wildman–Crippen LogP) is 4.32. The van der Waals surface area contributed by atoms with Crippen molar-refractivity contribution in [3.63, 3.8) is 0 Å². The fraction of sp³-hybridized carbons (Fsp3) is 0.176. The standard InChI is InChI=1S/C17H14F2N2OS/c1-11(12-7-3-2-4-8-12)21-15(22)13-9-5-6-10-14(13)20-17(21)23-16(18)19/h2-11,16H,1H3/t11-/m1/s1. The molecule has 0 amide bonds. The highest BCUT2D eigenvalue weighted by atomic mass is 32.2. The molecular formula is C17H14F2N2OS. The van der Waals surface area contributed by atoms with Gasteiger partial charge in [0, 0.05) is 0 Å². The molecule has 2 aromatic carbocycles. The van der Waals surface area contributed by atoms with Gasteiger partial charge in [0.05, 0.1) is 16.9 Å². The number of alkyl halides is 2. The van der Waals surface area contributed by atoms with Gasteiger partial charge in [-0.3, -0.25) is 9.36 Å². The molecule has 3 nitrogen and oxygen atoms in total. The third-order valence-corrected chi connectivity index (χ3v) is 4.32. The number of rotatable bonds is 4. The van der Waals surface area contributed by atoms with Gasteiger partial charge in [-0.2, -0.15) is 8.78 Å². The van der Waals surface area contributed by atoms with Gasteiger partial charge in [0.2, 0.25) is 0 Å². The average molecular weight is 332 g/mol. The van der Waals surface area contributed by atoms with E-state index in [1.165, 1.54) is 4.57 Å². The molecule has 0 saturated carbocycles. The van der Waals surface area contributed by atoms with Crippen LogP contribution in [0.2, 0.25) is 0 Å². The van der Waals surface area contributed by atoms with Gasteiger partial charge in [-0.1, -0.05) is 42.5 Å². The Morgan fingerprint density at radius 2 is 1.70 bits per heavy atom. The molecule has 118 valence electrons. The summed E-state index contributed by atoms with van der Waals surface area (Å²) >= 11 is 0.296. The van der Waals surface area contributed by atoms with Gasteiger partial charge >= 0.3 is 0 Å². The molecule has 0 aliphatic carbocycles. The van der Waals surface area contributed by atoms with E-state index < -0.39 is 5.76 Å². The quantitative estimate of drug-likeness (QED) is 0.527. The molecule has 0 saturated heterocycles. The molecule has 6 heteroatoms. The summed E-state index contributed by atoms with van der Waals surface area (Å²) < 4.78 is 27.2. The van der Waals surface area contributed by atoms with Crippen molar-refractivity contribution >= 4 is 22.7 Å². The van der Waals surface area contributed by atoms with Crippen molar-refractivity contribution in [1.29, 1.82) is 0 Å². The van der Waals surface area contributed by atoms with Gasteiger partial charge in [0.1, 0.15) is 0 Å². The Labute approximate surface area is 136 Å². The van der Waals surface area contributed by atoms with Crippen LogP contribution in [0.15, 0.2) is 64.5 Å². The molecular weight excluding hydrogens is 318 g/mol. The lowest BCUT2D eigenvalue weighted by molar-refractivity contribution is 0.251. The third kappa shape index (κ3) is 3.12. The zero-order valence-electron chi connectivity index (χ0n) is 12.3. The molecule has 0 fully saturated rings. The number of thioether (sulfide) groups is 1. The summed E-state index contributed by atoms with van der Waals surface area (Å²) in [5.41, 5.74) is 0.982. The van der Waals surface area contributed by atoms with Gasteiger partial charge in [0.25, 0.3) is 11.3 Å². The van der Waals surface area contributed by atoms with Crippen LogP contribution in [0.1, 0.15) is 18.5 Å². The minimum atomic E-state index is -2.64. The zero-order valence-corrected chi connectivity index (χ0v) is 13.1. The van der Waals surface area contributed by atoms with Crippen LogP contribution in [-0.2, 0) is 0 Å². The van der Waals surface area contributed by atoms with Gasteiger partial charge in [-0.05, 0) is 36.4 Å². The highest BCUT2D eigenvalue weighted by molar-refractivity contribution is 7.99. The summed E-state index contributed by atoms with van der Waals surface area (Å²) in [4.78, 5) is 17.1. The summed E-state index contributed by atoms with van der Waals surface area (Å²) in [6.07, 6.45) is 0. The molecule has 23 heavy (non-hydrogen) atoms. The maximum Gasteiger partial charge on any atom is 0.291 e. The number of hydrogen-bond acceptors (Lipinski definition) is 3. The lowest BCUT2D eigenvalue weighted by Gasteiger charge is -2.19. The first-order chi connectivity index (χ1) is 11.1. The van der Waals surface area contributed by atoms with E-state index in [1.54, 1.807) is 24.3 Å². The zero-order chi connectivity index (χ0) is 16.4. The number of halogens is 2. The highest BCUT2D eigenvalue weighted by Gasteiger charge is 2.20. The summed E-state index contributed by atoms with van der Waals surface area (Å²) in [7, 11) is 0. The summed E-state index contributed by atoms with van der Waals surface area (Å²) in [6, 6.07) is 15.7. The molecule has 0 aliphatic heterocycles. The van der Waals surface area contributed by atoms with Crippen molar-refractivity contribution in [3.05, 3.63) is 70.5 Å². The third-order valence-electron chi connectivity index (χ3n) is 3.64. The molecule has 3 aromatic rings. The van der Waals surface area contributed by atoms with E-state index in [1.807, 2.05) is 37.3 Å². The van der Waals surface area contributed by atoms with Crippen molar-refractivity contribution in [2.45, 2.75) is 23.9 Å². The van der Waals surface area contributed by atoms with Crippen LogP contribution >= 0.6 is 11.8 Å². The van der Waals surface area contributed by atoms with Gasteiger partial charge in [-0.25, -0.2) is 4.98 Å². The van der Waals surface area contributed by atoms with Crippen LogP contribution in [0.3, 0.4) is 0 Å². The molecule has 1 aromatic heterocycles. The van der Waals surface area contributed by atoms with Crippen LogP contribution in [-0.4, -0.2) is 15.3 Å². The Balaban J connectivity index is 2.24. The number of para-hydroxylation sites is 1. The fourth-order valence-corrected chi connectivity index (χ4v) is 3.18. The molecule has 1 atom stereocenters. The van der Waals surface area contributed by atoms with Gasteiger partial charge in [-0.15, -0.1) is 0 Å². The minimum Gasteiger partial charge on any atom is -0.280 e. The number of benzene rings is 2. The Morgan fingerprint density at radius 3 is 2.39 bits per heavy atom. The topological polar surface area (TPSA) is 34.9 Å². The van der Waals surface area contributed by atoms with E-state index in [0.29, 0.717) is 22.7 Å². The molecule has 1 heterocycles. The minimum absolute atomic E-state index is 0.0278. The van der Waals surface area contributed by atoms with Crippen LogP contribution in [0, 0.1) is 0 Å². The van der Waals surface area contributed by atoms with Crippen LogP contribution < -0.4 is 5.56 Å². The van der Waals surface area contributed by atoms with Crippen LogP contribution in [0.4, 0.5) is 8.78 Å². The lowest BCUT2D eigenvalue weighted by atomic mass is 10.1. The van der Waals surface area contributed by atoms with E-state index in [9.17, 15) is 13.6 Å². The molecule has 0 radical (unpaired) electrons. The normalized spacial score (nSPS) is 12.7. The van der Waals surface area contributed by atoms with Crippen molar-refractivity contribution in [3.8, 4) is 0 Å². The monoisotopic (exact) mass is 332 g/mol. The van der Waals surface area contributed by atoms with E-state index in [2.05, 4.69) is 4.98 Å². The van der Waals surface area contributed by atoms with Gasteiger partial charge in [0.15, 0.2) is 5.16 Å². The van der Waals surface area contributed by atoms with E-state index in [4.69, 9.17) is 0 Å². The SMILES string of the molecule is C[C@H](c1ccccc1)n1c(SC(F)F)nc2ccccc2c1=O. The van der Waals surface area contributed by atoms with E-state index in [-0.39, 0.29) is 16.8 Å². The van der Waals surface area contributed by atoms with Crippen molar-refractivity contribution in [2.24, 2.45) is 0 Å². The second kappa shape index (κ2) is 6.50. The Bertz CT molecular complexity index is 881. The maximum absolute atomic E-state index is 12.9. The molecule has 0 spiro atoms. The second-order valence-corrected chi connectivity index (χ2v) is 6.01. The first-order valence-electron chi connectivity index (χ1n) is 7.09. The van der Waals surface area contributed by atoms with Crippen LogP contribution in [0.25, 0.3) is 10.9 Å². The average Bonchev–Trinajstić information content (AvgIpc) is 2.55. The van der Waals surface area contributed by atoms with E-state index in [0.717, 1.165) is 5.56 Å².